The highest BCUT2D eigenvalue weighted by Gasteiger charge is 2.12. The first-order valence-corrected chi connectivity index (χ1v) is 8.57. The van der Waals surface area contributed by atoms with Crippen LogP contribution in [0.15, 0.2) is 41.8 Å². The van der Waals surface area contributed by atoms with Crippen molar-refractivity contribution in [2.24, 2.45) is 0 Å². The van der Waals surface area contributed by atoms with Crippen molar-refractivity contribution in [2.75, 3.05) is 19.5 Å². The fraction of sp³-hybridized carbons (Fsp3) is 0.167. The molecule has 0 spiro atoms. The molecule has 0 atom stereocenters. The normalized spacial score (nSPS) is 10.1. The van der Waals surface area contributed by atoms with E-state index >= 15 is 0 Å². The molecule has 3 aromatic rings. The molecule has 0 aliphatic heterocycles. The molecule has 132 valence electrons. The van der Waals surface area contributed by atoms with Gasteiger partial charge in [0.05, 0.1) is 30.6 Å². The third-order valence-corrected chi connectivity index (χ3v) is 4.62. The Morgan fingerprint density at radius 3 is 2.36 bits per heavy atom. The van der Waals surface area contributed by atoms with Gasteiger partial charge in [0.1, 0.15) is 11.5 Å². The van der Waals surface area contributed by atoms with E-state index in [9.17, 15) is 0 Å². The van der Waals surface area contributed by atoms with Crippen LogP contribution in [0, 0.1) is 6.92 Å². The molecule has 0 aliphatic carbocycles. The van der Waals surface area contributed by atoms with Gasteiger partial charge in [0, 0.05) is 23.1 Å². The van der Waals surface area contributed by atoms with Gasteiger partial charge >= 0.3 is 0 Å². The van der Waals surface area contributed by atoms with Crippen LogP contribution in [-0.4, -0.2) is 19.2 Å². The lowest BCUT2D eigenvalue weighted by Gasteiger charge is -2.12. The minimum absolute atomic E-state index is 0. The lowest BCUT2D eigenvalue weighted by molar-refractivity contribution is 0.405. The minimum atomic E-state index is 0. The van der Waals surface area contributed by atoms with Crippen molar-refractivity contribution >= 4 is 50.7 Å². The quantitative estimate of drug-likeness (QED) is 0.518. The van der Waals surface area contributed by atoms with Crippen LogP contribution in [0.4, 0.5) is 10.8 Å². The van der Waals surface area contributed by atoms with E-state index < -0.39 is 0 Å². The Hall–Kier alpha value is -1.76. The molecule has 0 saturated heterocycles. The number of anilines is 2. The molecule has 7 heteroatoms. The van der Waals surface area contributed by atoms with E-state index in [-0.39, 0.29) is 17.0 Å². The van der Waals surface area contributed by atoms with Crippen molar-refractivity contribution in [1.82, 2.24) is 4.98 Å². The monoisotopic (exact) mass is 440 g/mol. The van der Waals surface area contributed by atoms with Gasteiger partial charge in [-0.1, -0.05) is 41.4 Å². The summed E-state index contributed by atoms with van der Waals surface area (Å²) in [7, 11) is 3.18. The maximum Gasteiger partial charge on any atom is 0.187 e. The van der Waals surface area contributed by atoms with Gasteiger partial charge in [-0.05, 0) is 6.92 Å². The summed E-state index contributed by atoms with van der Waals surface area (Å²) in [6.45, 7) is 2.07. The van der Waals surface area contributed by atoms with Crippen LogP contribution in [0.3, 0.4) is 0 Å². The predicted molar refractivity (Wildman–Crippen MR) is 110 cm³/mol. The molecule has 4 nitrogen and oxygen atoms in total. The average molecular weight is 442 g/mol. The molecule has 0 aliphatic rings. The first kappa shape index (κ1) is 19.6. The number of aryl methyl sites for hydroxylation is 1. The third kappa shape index (κ3) is 4.45. The Bertz CT molecular complexity index is 853. The standard InChI is InChI=1S/C18H17ClN2O2S.BrH/c1-11-4-6-12(7-5-11)15-10-24-18(21-15)20-14-9-16(22-2)13(19)8-17(14)23-3;/h4-10H,1-3H3,(H,20,21);1H. The summed E-state index contributed by atoms with van der Waals surface area (Å²) in [5.41, 5.74) is 4.00. The largest absolute Gasteiger partial charge is 0.495 e. The van der Waals surface area contributed by atoms with Crippen molar-refractivity contribution in [1.29, 1.82) is 0 Å². The topological polar surface area (TPSA) is 43.4 Å². The summed E-state index contributed by atoms with van der Waals surface area (Å²) in [5, 5.41) is 6.56. The summed E-state index contributed by atoms with van der Waals surface area (Å²) in [6.07, 6.45) is 0. The maximum absolute atomic E-state index is 6.13. The van der Waals surface area contributed by atoms with Gasteiger partial charge in [-0.15, -0.1) is 28.3 Å². The molecular weight excluding hydrogens is 424 g/mol. The first-order valence-electron chi connectivity index (χ1n) is 7.32. The number of ether oxygens (including phenoxy) is 2. The zero-order valence-electron chi connectivity index (χ0n) is 14.0. The Morgan fingerprint density at radius 2 is 1.72 bits per heavy atom. The van der Waals surface area contributed by atoms with Crippen LogP contribution in [0.5, 0.6) is 11.5 Å². The van der Waals surface area contributed by atoms with Crippen molar-refractivity contribution in [3.8, 4) is 22.8 Å². The summed E-state index contributed by atoms with van der Waals surface area (Å²) in [6, 6.07) is 11.8. The smallest absolute Gasteiger partial charge is 0.187 e. The molecule has 0 unspecified atom stereocenters. The molecule has 1 heterocycles. The number of methoxy groups -OCH3 is 2. The Morgan fingerprint density at radius 1 is 1.04 bits per heavy atom. The van der Waals surface area contributed by atoms with E-state index in [2.05, 4.69) is 41.5 Å². The number of rotatable bonds is 5. The van der Waals surface area contributed by atoms with E-state index in [4.69, 9.17) is 21.1 Å². The second kappa shape index (κ2) is 8.56. The van der Waals surface area contributed by atoms with Crippen LogP contribution in [0.2, 0.25) is 5.02 Å². The van der Waals surface area contributed by atoms with Crippen LogP contribution in [0.25, 0.3) is 11.3 Å². The fourth-order valence-electron chi connectivity index (χ4n) is 2.26. The highest BCUT2D eigenvalue weighted by atomic mass is 79.9. The SMILES string of the molecule is Br.COc1cc(Nc2nc(-c3ccc(C)cc3)cs2)c(OC)cc1Cl. The molecule has 0 saturated carbocycles. The van der Waals surface area contributed by atoms with Gasteiger partial charge in [0.15, 0.2) is 5.13 Å². The molecule has 3 rings (SSSR count). The van der Waals surface area contributed by atoms with E-state index in [1.54, 1.807) is 26.4 Å². The molecule has 25 heavy (non-hydrogen) atoms. The van der Waals surface area contributed by atoms with Crippen LogP contribution in [-0.2, 0) is 0 Å². The lowest BCUT2D eigenvalue weighted by atomic mass is 10.1. The number of hydrogen-bond acceptors (Lipinski definition) is 5. The van der Waals surface area contributed by atoms with Gasteiger partial charge in [0.2, 0.25) is 0 Å². The number of hydrogen-bond donors (Lipinski definition) is 1. The average Bonchev–Trinajstić information content (AvgIpc) is 3.05. The lowest BCUT2D eigenvalue weighted by Crippen LogP contribution is -1.96. The molecule has 0 bridgehead atoms. The van der Waals surface area contributed by atoms with E-state index in [0.717, 1.165) is 22.1 Å². The predicted octanol–water partition coefficient (Wildman–Crippen LogP) is 6.11. The fourth-order valence-corrected chi connectivity index (χ4v) is 3.22. The van der Waals surface area contributed by atoms with Crippen LogP contribution in [0.1, 0.15) is 5.56 Å². The van der Waals surface area contributed by atoms with Gasteiger partial charge in [-0.25, -0.2) is 4.98 Å². The molecule has 1 N–H and O–H groups in total. The number of nitrogens with one attached hydrogen (secondary N) is 1. The minimum Gasteiger partial charge on any atom is -0.495 e. The number of aromatic nitrogens is 1. The Kier molecular flexibility index (Phi) is 6.70. The summed E-state index contributed by atoms with van der Waals surface area (Å²) in [4.78, 5) is 4.64. The van der Waals surface area contributed by atoms with Crippen molar-refractivity contribution in [2.45, 2.75) is 6.92 Å². The highest BCUT2D eigenvalue weighted by molar-refractivity contribution is 8.93. The third-order valence-electron chi connectivity index (χ3n) is 3.57. The zero-order chi connectivity index (χ0) is 17.1. The number of benzene rings is 2. The number of halogens is 2. The van der Waals surface area contributed by atoms with Gasteiger partial charge in [-0.2, -0.15) is 0 Å². The molecule has 1 aromatic heterocycles. The van der Waals surface area contributed by atoms with Gasteiger partial charge < -0.3 is 14.8 Å². The van der Waals surface area contributed by atoms with Gasteiger partial charge in [-0.3, -0.25) is 0 Å². The molecule has 2 aromatic carbocycles. The van der Waals surface area contributed by atoms with Crippen molar-refractivity contribution in [3.05, 3.63) is 52.4 Å². The summed E-state index contributed by atoms with van der Waals surface area (Å²) >= 11 is 7.66. The van der Waals surface area contributed by atoms with Crippen molar-refractivity contribution in [3.63, 3.8) is 0 Å². The van der Waals surface area contributed by atoms with Crippen LogP contribution < -0.4 is 14.8 Å². The molecular formula is C18H18BrClN2O2S. The summed E-state index contributed by atoms with van der Waals surface area (Å²) in [5.74, 6) is 1.21. The van der Waals surface area contributed by atoms with E-state index in [0.29, 0.717) is 16.5 Å². The zero-order valence-corrected chi connectivity index (χ0v) is 17.3. The number of thiazole rings is 1. The molecule has 0 fully saturated rings. The Labute approximate surface area is 166 Å². The van der Waals surface area contributed by atoms with Gasteiger partial charge in [0.25, 0.3) is 0 Å². The summed E-state index contributed by atoms with van der Waals surface area (Å²) < 4.78 is 10.6. The van der Waals surface area contributed by atoms with E-state index in [1.807, 2.05) is 5.38 Å². The first-order chi connectivity index (χ1) is 11.6. The Balaban J connectivity index is 0.00000225. The highest BCUT2D eigenvalue weighted by Crippen LogP contribution is 2.38. The molecule has 0 radical (unpaired) electrons. The molecule has 0 amide bonds. The maximum atomic E-state index is 6.13. The number of nitrogens with zero attached hydrogens (tertiary/aromatic N) is 1. The van der Waals surface area contributed by atoms with Crippen LogP contribution >= 0.6 is 39.9 Å². The second-order valence-electron chi connectivity index (χ2n) is 5.22. The van der Waals surface area contributed by atoms with Crippen molar-refractivity contribution < 1.29 is 9.47 Å². The van der Waals surface area contributed by atoms with E-state index in [1.165, 1.54) is 16.9 Å². The second-order valence-corrected chi connectivity index (χ2v) is 6.48.